The van der Waals surface area contributed by atoms with Gasteiger partial charge in [0, 0.05) is 18.3 Å². The molecule has 3 rings (SSSR count). The molecule has 0 unspecified atom stereocenters. The molecule has 2 heterocycles. The fourth-order valence-corrected chi connectivity index (χ4v) is 3.00. The van der Waals surface area contributed by atoms with E-state index in [1.807, 2.05) is 30.3 Å². The highest BCUT2D eigenvalue weighted by molar-refractivity contribution is 5.95. The summed E-state index contributed by atoms with van der Waals surface area (Å²) in [6.45, 7) is -0.177. The van der Waals surface area contributed by atoms with Crippen LogP contribution in [0.25, 0.3) is 0 Å². The van der Waals surface area contributed by atoms with Gasteiger partial charge in [-0.1, -0.05) is 30.3 Å². The number of benzene rings is 1. The van der Waals surface area contributed by atoms with Gasteiger partial charge in [-0.2, -0.15) is 5.26 Å². The third-order valence-corrected chi connectivity index (χ3v) is 4.06. The number of likely N-dealkylation sites (tertiary alicyclic amines) is 1. The molecule has 2 aromatic rings. The van der Waals surface area contributed by atoms with Gasteiger partial charge in [-0.05, 0) is 17.7 Å². The minimum Gasteiger partial charge on any atom is -0.394 e. The molecule has 0 saturated carbocycles. The van der Waals surface area contributed by atoms with Crippen molar-refractivity contribution in [3.63, 3.8) is 0 Å². The maximum Gasteiger partial charge on any atom is 0.256 e. The molecule has 1 aromatic heterocycles. The highest BCUT2D eigenvalue weighted by Gasteiger charge is 2.51. The Morgan fingerprint density at radius 3 is 2.64 bits per heavy atom. The SMILES string of the molecule is N#C[C@@H]1[C@H](c2ccccc2)[C@H](CO)N1C(=O)c1cccnc1. The number of carbonyl (C=O) groups excluding carboxylic acids is 1. The summed E-state index contributed by atoms with van der Waals surface area (Å²) < 4.78 is 0. The fourth-order valence-electron chi connectivity index (χ4n) is 3.00. The Balaban J connectivity index is 1.90. The van der Waals surface area contributed by atoms with Crippen molar-refractivity contribution in [3.8, 4) is 6.07 Å². The molecule has 1 fully saturated rings. The van der Waals surface area contributed by atoms with Crippen LogP contribution < -0.4 is 0 Å². The van der Waals surface area contributed by atoms with Crippen LogP contribution >= 0.6 is 0 Å². The van der Waals surface area contributed by atoms with Crippen molar-refractivity contribution in [2.75, 3.05) is 6.61 Å². The molecular formula is C17H15N3O2. The molecular weight excluding hydrogens is 278 g/mol. The summed E-state index contributed by atoms with van der Waals surface area (Å²) in [4.78, 5) is 18.0. The molecule has 3 atom stereocenters. The van der Waals surface area contributed by atoms with E-state index in [1.54, 1.807) is 18.3 Å². The number of amides is 1. The van der Waals surface area contributed by atoms with Crippen molar-refractivity contribution >= 4 is 5.91 Å². The maximum absolute atomic E-state index is 12.6. The van der Waals surface area contributed by atoms with Crippen LogP contribution in [0.4, 0.5) is 0 Å². The van der Waals surface area contributed by atoms with E-state index in [0.717, 1.165) is 5.56 Å². The first-order valence-corrected chi connectivity index (χ1v) is 7.06. The second-order valence-corrected chi connectivity index (χ2v) is 5.21. The van der Waals surface area contributed by atoms with Crippen LogP contribution in [0.2, 0.25) is 0 Å². The number of pyridine rings is 1. The first-order chi connectivity index (χ1) is 10.8. The highest BCUT2D eigenvalue weighted by Crippen LogP contribution is 2.41. The van der Waals surface area contributed by atoms with Crippen LogP contribution in [0.5, 0.6) is 0 Å². The number of nitriles is 1. The van der Waals surface area contributed by atoms with Gasteiger partial charge in [0.05, 0.1) is 24.3 Å². The molecule has 0 bridgehead atoms. The summed E-state index contributed by atoms with van der Waals surface area (Å²) in [7, 11) is 0. The number of aliphatic hydroxyl groups is 1. The van der Waals surface area contributed by atoms with Gasteiger partial charge in [0.1, 0.15) is 6.04 Å². The Kier molecular flexibility index (Phi) is 3.86. The van der Waals surface area contributed by atoms with Gasteiger partial charge >= 0.3 is 0 Å². The Morgan fingerprint density at radius 2 is 2.05 bits per heavy atom. The van der Waals surface area contributed by atoms with Gasteiger partial charge in [-0.3, -0.25) is 9.78 Å². The van der Waals surface area contributed by atoms with E-state index >= 15 is 0 Å². The molecule has 5 nitrogen and oxygen atoms in total. The number of aliphatic hydroxyl groups excluding tert-OH is 1. The molecule has 1 aliphatic heterocycles. The summed E-state index contributed by atoms with van der Waals surface area (Å²) in [6.07, 6.45) is 3.06. The van der Waals surface area contributed by atoms with E-state index in [2.05, 4.69) is 11.1 Å². The van der Waals surface area contributed by atoms with E-state index in [-0.39, 0.29) is 24.5 Å². The van der Waals surface area contributed by atoms with Crippen LogP contribution in [0.3, 0.4) is 0 Å². The molecule has 5 heteroatoms. The average Bonchev–Trinajstić information content (AvgIpc) is 2.56. The van der Waals surface area contributed by atoms with Crippen LogP contribution in [0.1, 0.15) is 21.8 Å². The second kappa shape index (κ2) is 5.96. The van der Waals surface area contributed by atoms with Crippen LogP contribution in [-0.4, -0.2) is 39.6 Å². The van der Waals surface area contributed by atoms with Crippen LogP contribution in [0, 0.1) is 11.3 Å². The molecule has 1 aromatic carbocycles. The van der Waals surface area contributed by atoms with E-state index < -0.39 is 6.04 Å². The topological polar surface area (TPSA) is 77.2 Å². The zero-order chi connectivity index (χ0) is 15.5. The molecule has 1 amide bonds. The molecule has 1 N–H and O–H groups in total. The predicted octanol–water partition coefficient (Wildman–Crippen LogP) is 1.57. The van der Waals surface area contributed by atoms with Crippen molar-refractivity contribution in [1.82, 2.24) is 9.88 Å². The molecule has 0 spiro atoms. The number of nitrogens with zero attached hydrogens (tertiary/aromatic N) is 3. The standard InChI is InChI=1S/C17H15N3O2/c18-9-14-16(12-5-2-1-3-6-12)15(11-21)20(14)17(22)13-7-4-8-19-10-13/h1-8,10,14-16,21H,11H2/t14-,15+,16+/m1/s1. The zero-order valence-corrected chi connectivity index (χ0v) is 11.8. The lowest BCUT2D eigenvalue weighted by atomic mass is 9.75. The lowest BCUT2D eigenvalue weighted by molar-refractivity contribution is -0.00588. The first-order valence-electron chi connectivity index (χ1n) is 7.06. The van der Waals surface area contributed by atoms with Crippen LogP contribution in [-0.2, 0) is 0 Å². The lowest BCUT2D eigenvalue weighted by Gasteiger charge is -2.51. The Hall–Kier alpha value is -2.71. The van der Waals surface area contributed by atoms with E-state index in [0.29, 0.717) is 5.56 Å². The highest BCUT2D eigenvalue weighted by atomic mass is 16.3. The Morgan fingerprint density at radius 1 is 1.27 bits per heavy atom. The first kappa shape index (κ1) is 14.2. The quantitative estimate of drug-likeness (QED) is 0.932. The van der Waals surface area contributed by atoms with E-state index in [1.165, 1.54) is 11.1 Å². The minimum atomic E-state index is -0.577. The van der Waals surface area contributed by atoms with Crippen molar-refractivity contribution in [3.05, 3.63) is 66.0 Å². The molecule has 110 valence electrons. The summed E-state index contributed by atoms with van der Waals surface area (Å²) in [5, 5.41) is 19.1. The van der Waals surface area contributed by atoms with Gasteiger partial charge < -0.3 is 10.0 Å². The molecule has 0 radical (unpaired) electrons. The number of rotatable bonds is 3. The summed E-state index contributed by atoms with van der Waals surface area (Å²) in [5.41, 5.74) is 1.39. The summed E-state index contributed by atoms with van der Waals surface area (Å²) >= 11 is 0. The summed E-state index contributed by atoms with van der Waals surface area (Å²) in [6, 6.07) is 14.1. The number of hydrogen-bond acceptors (Lipinski definition) is 4. The minimum absolute atomic E-state index is 0.170. The van der Waals surface area contributed by atoms with Crippen molar-refractivity contribution in [1.29, 1.82) is 5.26 Å². The lowest BCUT2D eigenvalue weighted by Crippen LogP contribution is -2.65. The number of aromatic nitrogens is 1. The molecule has 22 heavy (non-hydrogen) atoms. The monoisotopic (exact) mass is 293 g/mol. The molecule has 1 saturated heterocycles. The third kappa shape index (κ3) is 2.24. The second-order valence-electron chi connectivity index (χ2n) is 5.21. The predicted molar refractivity (Wildman–Crippen MR) is 79.9 cm³/mol. The maximum atomic E-state index is 12.6. The summed E-state index contributed by atoms with van der Waals surface area (Å²) in [5.74, 6) is -0.442. The number of carbonyl (C=O) groups is 1. The van der Waals surface area contributed by atoms with Crippen molar-refractivity contribution in [2.45, 2.75) is 18.0 Å². The van der Waals surface area contributed by atoms with Crippen molar-refractivity contribution in [2.24, 2.45) is 0 Å². The Bertz CT molecular complexity index is 697. The Labute approximate surface area is 128 Å². The van der Waals surface area contributed by atoms with Gasteiger partial charge in [-0.15, -0.1) is 0 Å². The normalized spacial score (nSPS) is 23.5. The largest absolute Gasteiger partial charge is 0.394 e. The van der Waals surface area contributed by atoms with Gasteiger partial charge in [0.2, 0.25) is 0 Å². The fraction of sp³-hybridized carbons (Fsp3) is 0.235. The molecule has 0 aliphatic carbocycles. The van der Waals surface area contributed by atoms with E-state index in [9.17, 15) is 15.2 Å². The zero-order valence-electron chi connectivity index (χ0n) is 11.8. The van der Waals surface area contributed by atoms with Gasteiger partial charge in [-0.25, -0.2) is 0 Å². The van der Waals surface area contributed by atoms with Gasteiger partial charge in [0.25, 0.3) is 5.91 Å². The number of hydrogen-bond donors (Lipinski definition) is 1. The van der Waals surface area contributed by atoms with Crippen molar-refractivity contribution < 1.29 is 9.90 Å². The third-order valence-electron chi connectivity index (χ3n) is 4.06. The van der Waals surface area contributed by atoms with Crippen LogP contribution in [0.15, 0.2) is 54.9 Å². The average molecular weight is 293 g/mol. The van der Waals surface area contributed by atoms with Gasteiger partial charge in [0.15, 0.2) is 0 Å². The molecule has 1 aliphatic rings. The van der Waals surface area contributed by atoms with E-state index in [4.69, 9.17) is 0 Å². The smallest absolute Gasteiger partial charge is 0.256 e.